The van der Waals surface area contributed by atoms with Gasteiger partial charge < -0.3 is 78.5 Å². The second kappa shape index (κ2) is 39.5. The van der Waals surface area contributed by atoms with Gasteiger partial charge in [0.1, 0.15) is 59.7 Å². The van der Waals surface area contributed by atoms with E-state index in [4.69, 9.17) is 10.5 Å². The van der Waals surface area contributed by atoms with Gasteiger partial charge in [-0.2, -0.15) is 0 Å². The van der Waals surface area contributed by atoms with E-state index in [2.05, 4.69) is 94.2 Å². The number of ether oxygens (including phenoxy) is 1. The Kier molecular flexibility index (Phi) is 29.4. The van der Waals surface area contributed by atoms with Crippen molar-refractivity contribution in [1.29, 1.82) is 0 Å². The molecule has 9 aromatic rings. The zero-order valence-electron chi connectivity index (χ0n) is 62.0. The van der Waals surface area contributed by atoms with Crippen molar-refractivity contribution in [2.75, 3.05) is 23.8 Å². The molecule has 0 saturated carbocycles. The summed E-state index contributed by atoms with van der Waals surface area (Å²) < 4.78 is 4.63. The second-order valence-electron chi connectivity index (χ2n) is 28.2. The van der Waals surface area contributed by atoms with E-state index in [9.17, 15) is 39.0 Å². The molecule has 0 radical (unpaired) electrons. The zero-order chi connectivity index (χ0) is 79.0. The van der Waals surface area contributed by atoms with E-state index in [0.717, 1.165) is 49.2 Å². The number of primary amides is 1. The van der Waals surface area contributed by atoms with Crippen LogP contribution in [-0.2, 0) is 78.3 Å². The Bertz CT molecular complexity index is 4570. The highest BCUT2D eigenvalue weighted by atomic mass is 33.1. The van der Waals surface area contributed by atoms with Crippen LogP contribution in [0, 0.1) is 0 Å². The SMILES string of the molecule is C[C@@H](O)[C@@H]1NC(=O)[C@H](CCCCNC(=O)OC(C)(C)C)NC(=O)[C@@H](Cc2c[nH]c3ccccc23)NC(=O)[C@H](Cc2ccc(O)cc2)NC(=O)[C@@H](NC(=O)[C@@H](Cc2ccccc2)NC(=O)CCSC(c2ccccc2)(c2ccccc2)c2ccccc2)CSSC[C@@H](C(=O)N[C@@H](Cc2c[nH]c3ccccc23)C(N)=O)NC1=O. The van der Waals surface area contributed by atoms with Crippen molar-refractivity contribution in [3.05, 3.63) is 245 Å². The minimum atomic E-state index is -1.82. The molecule has 1 aliphatic rings. The number of aromatic hydroxyl groups is 1. The first-order valence-corrected chi connectivity index (χ1v) is 40.2. The fourth-order valence-corrected chi connectivity index (χ4v) is 16.9. The van der Waals surface area contributed by atoms with Crippen LogP contribution in [-0.4, -0.2) is 163 Å². The first-order chi connectivity index (χ1) is 53.4. The largest absolute Gasteiger partial charge is 0.508 e. The van der Waals surface area contributed by atoms with Gasteiger partial charge in [-0.25, -0.2) is 4.79 Å². The summed E-state index contributed by atoms with van der Waals surface area (Å²) in [4.78, 5) is 154. The molecule has 0 spiro atoms. The molecule has 1 fully saturated rings. The maximum absolute atomic E-state index is 15.6. The number of benzene rings is 7. The third kappa shape index (κ3) is 23.3. The van der Waals surface area contributed by atoms with Crippen molar-refractivity contribution >= 4 is 114 Å². The van der Waals surface area contributed by atoms with Crippen LogP contribution in [0.3, 0.4) is 0 Å². The smallest absolute Gasteiger partial charge is 0.407 e. The van der Waals surface area contributed by atoms with Gasteiger partial charge in [0.15, 0.2) is 0 Å². The number of rotatable bonds is 27. The summed E-state index contributed by atoms with van der Waals surface area (Å²) >= 11 is 1.56. The second-order valence-corrected chi connectivity index (χ2v) is 32.0. The predicted molar refractivity (Wildman–Crippen MR) is 432 cm³/mol. The van der Waals surface area contributed by atoms with Gasteiger partial charge in [-0.1, -0.05) is 191 Å². The van der Waals surface area contributed by atoms with Crippen LogP contribution >= 0.6 is 33.3 Å². The van der Waals surface area contributed by atoms with E-state index in [-0.39, 0.29) is 80.9 Å². The molecule has 111 heavy (non-hydrogen) atoms. The number of para-hydroxylation sites is 2. The normalized spacial score (nSPS) is 18.6. The molecular weight excluding hydrogens is 1470 g/mol. The molecule has 0 aliphatic carbocycles. The molecule has 25 nitrogen and oxygen atoms in total. The quantitative estimate of drug-likeness (QED) is 0.0134. The number of aromatic nitrogens is 2. The summed E-state index contributed by atoms with van der Waals surface area (Å²) in [6, 6.07) is 47.1. The summed E-state index contributed by atoms with van der Waals surface area (Å²) in [7, 11) is 1.93. The Hall–Kier alpha value is -11.1. The molecule has 582 valence electrons. The Balaban J connectivity index is 0.997. The first-order valence-electron chi connectivity index (χ1n) is 36.7. The minimum absolute atomic E-state index is 0.0430. The van der Waals surface area contributed by atoms with E-state index in [1.165, 1.54) is 19.1 Å². The van der Waals surface area contributed by atoms with E-state index in [1.807, 2.05) is 91.0 Å². The molecular formula is C83H94N12O13S3. The molecule has 28 heteroatoms. The average molecular weight is 1560 g/mol. The lowest BCUT2D eigenvalue weighted by molar-refractivity contribution is -0.136. The molecule has 1 aliphatic heterocycles. The van der Waals surface area contributed by atoms with Crippen LogP contribution in [0.1, 0.15) is 92.3 Å². The van der Waals surface area contributed by atoms with Crippen LogP contribution in [0.15, 0.2) is 207 Å². The van der Waals surface area contributed by atoms with Gasteiger partial charge in [0.25, 0.3) is 0 Å². The number of aliphatic hydroxyl groups excluding tert-OH is 1. The zero-order valence-corrected chi connectivity index (χ0v) is 64.4. The molecule has 10 amide bonds. The number of carbonyl (C=O) groups is 10. The number of unbranched alkanes of at least 4 members (excludes halogenated alkanes) is 1. The van der Waals surface area contributed by atoms with E-state index in [1.54, 1.807) is 99.5 Å². The van der Waals surface area contributed by atoms with Gasteiger partial charge in [-0.15, -0.1) is 11.8 Å². The number of alkyl carbamates (subject to hydrolysis) is 1. The molecule has 7 aromatic carbocycles. The van der Waals surface area contributed by atoms with Crippen molar-refractivity contribution in [3.63, 3.8) is 0 Å². The molecule has 10 rings (SSSR count). The topological polar surface area (TPSA) is 386 Å². The summed E-state index contributed by atoms with van der Waals surface area (Å²) in [6.45, 7) is 6.43. The number of H-pyrrole nitrogens is 2. The molecule has 9 atom stereocenters. The number of nitrogens with one attached hydrogen (secondary N) is 11. The molecule has 15 N–H and O–H groups in total. The van der Waals surface area contributed by atoms with Crippen molar-refractivity contribution < 1.29 is 62.9 Å². The Morgan fingerprint density at radius 1 is 0.568 bits per heavy atom. The maximum Gasteiger partial charge on any atom is 0.407 e. The summed E-state index contributed by atoms with van der Waals surface area (Å²) in [5.41, 5.74) is 11.9. The van der Waals surface area contributed by atoms with Gasteiger partial charge >= 0.3 is 6.09 Å². The average Bonchev–Trinajstić information content (AvgIpc) is 1.48. The number of aromatic amines is 2. The van der Waals surface area contributed by atoms with Crippen LogP contribution in [0.25, 0.3) is 21.8 Å². The van der Waals surface area contributed by atoms with Gasteiger partial charge in [0.05, 0.1) is 10.9 Å². The maximum atomic E-state index is 15.6. The van der Waals surface area contributed by atoms with Crippen molar-refractivity contribution in [2.45, 2.75) is 144 Å². The fraction of sp³-hybridized carbons (Fsp3) is 0.325. The molecule has 1 saturated heterocycles. The standard InChI is InChI=1S/C83H94N12O13S3/c1-51(96)72-80(106)94-70(78(104)90-65(73(84)99)45-54-47-86-62-33-19-17-31-60(54)62)50-111-110-49-69(93-75(101)66(43-52-23-9-5-10-24-52)88-71(98)40-42-109-83(56-25-11-6-12-26-56,57-27-13-7-14-28-57)58-29-15-8-16-30-58)79(105)91-67(44-53-36-38-59(97)39-37-53)76(102)92-68(46-55-48-87-63-34-20-18-32-61(55)63)77(103)89-64(74(100)95-72)35-21-22-41-85-81(107)108-82(2,3)4/h5-20,23-34,36-39,47-48,51,64-70,72,86-87,96-97H,21-22,35,40-46,49-50H2,1-4H3,(H2,84,99)(H,85,107)(H,88,98)(H,89,103)(H,90,104)(H,91,105)(H,92,102)(H,93,101)(H,94,106)(H,95,100)/t51-,64+,65+,66-,67+,68-,69+,70+,72+/m1/s1. The van der Waals surface area contributed by atoms with Crippen LogP contribution in [0.2, 0.25) is 0 Å². The van der Waals surface area contributed by atoms with E-state index >= 15 is 19.2 Å². The summed E-state index contributed by atoms with van der Waals surface area (Å²) in [5, 5.41) is 48.3. The third-order valence-electron chi connectivity index (χ3n) is 18.7. The predicted octanol–water partition coefficient (Wildman–Crippen LogP) is 7.58. The van der Waals surface area contributed by atoms with Crippen molar-refractivity contribution in [2.24, 2.45) is 5.73 Å². The van der Waals surface area contributed by atoms with E-state index in [0.29, 0.717) is 33.2 Å². The number of aliphatic hydroxyl groups is 1. The summed E-state index contributed by atoms with van der Waals surface area (Å²) in [5.74, 6) is -8.32. The first kappa shape index (κ1) is 82.4. The minimum Gasteiger partial charge on any atom is -0.508 e. The van der Waals surface area contributed by atoms with Gasteiger partial charge in [-0.3, -0.25) is 43.2 Å². The lowest BCUT2D eigenvalue weighted by atomic mass is 9.84. The number of hydrogen-bond acceptors (Lipinski definition) is 16. The van der Waals surface area contributed by atoms with Crippen LogP contribution in [0.5, 0.6) is 5.75 Å². The third-order valence-corrected chi connectivity index (χ3v) is 22.7. The number of thioether (sulfide) groups is 1. The number of hydrogen-bond donors (Lipinski definition) is 14. The molecule has 2 aromatic heterocycles. The molecule has 3 heterocycles. The summed E-state index contributed by atoms with van der Waals surface area (Å²) in [6.07, 6.45) is 0.614. The lowest BCUT2D eigenvalue weighted by Crippen LogP contribution is -2.62. The number of amides is 10. The fourth-order valence-electron chi connectivity index (χ4n) is 13.1. The molecule has 0 unspecified atom stereocenters. The molecule has 0 bridgehead atoms. The highest BCUT2D eigenvalue weighted by Crippen LogP contribution is 2.48. The van der Waals surface area contributed by atoms with Crippen molar-refractivity contribution in [3.8, 4) is 5.75 Å². The highest BCUT2D eigenvalue weighted by molar-refractivity contribution is 8.76. The Labute approximate surface area is 655 Å². The number of fused-ring (bicyclic) bond motifs is 2. The van der Waals surface area contributed by atoms with E-state index < -0.39 is 124 Å². The lowest BCUT2D eigenvalue weighted by Gasteiger charge is -2.35. The van der Waals surface area contributed by atoms with Gasteiger partial charge in [-0.05, 0) is 110 Å². The Morgan fingerprint density at radius 2 is 1.09 bits per heavy atom. The van der Waals surface area contributed by atoms with Gasteiger partial charge in [0, 0.05) is 90.1 Å². The monoisotopic (exact) mass is 1560 g/mol. The van der Waals surface area contributed by atoms with Crippen LogP contribution in [0.4, 0.5) is 4.79 Å². The number of phenolic OH excluding ortho intramolecular Hbond substituents is 1. The number of phenols is 1. The highest BCUT2D eigenvalue weighted by Gasteiger charge is 2.40. The number of carbonyl (C=O) groups excluding carboxylic acids is 10. The van der Waals surface area contributed by atoms with Crippen molar-refractivity contribution in [1.82, 2.24) is 57.8 Å². The van der Waals surface area contributed by atoms with Crippen LogP contribution < -0.4 is 53.6 Å². The van der Waals surface area contributed by atoms with Gasteiger partial charge in [0.2, 0.25) is 53.2 Å². The number of nitrogens with two attached hydrogens (primary N) is 1. The Morgan fingerprint density at radius 3 is 1.68 bits per heavy atom.